The van der Waals surface area contributed by atoms with Crippen LogP contribution in [-0.4, -0.2) is 73.1 Å². The molecule has 3 heterocycles. The van der Waals surface area contributed by atoms with E-state index in [1.54, 1.807) is 7.11 Å². The number of hydrogen-bond acceptors (Lipinski definition) is 7. The van der Waals surface area contributed by atoms with Crippen LogP contribution in [0.15, 0.2) is 29.6 Å². The third-order valence-corrected chi connectivity index (χ3v) is 5.94. The fraction of sp³-hybridized carbons (Fsp3) is 0.474. The summed E-state index contributed by atoms with van der Waals surface area (Å²) >= 11 is 1.45. The Morgan fingerprint density at radius 3 is 2.78 bits per heavy atom. The Labute approximate surface area is 163 Å². The van der Waals surface area contributed by atoms with E-state index in [-0.39, 0.29) is 5.91 Å². The number of benzene rings is 1. The summed E-state index contributed by atoms with van der Waals surface area (Å²) in [7, 11) is 1.65. The highest BCUT2D eigenvalue weighted by molar-refractivity contribution is 7.14. The van der Waals surface area contributed by atoms with E-state index in [0.29, 0.717) is 11.7 Å². The molecule has 2 fully saturated rings. The highest BCUT2D eigenvalue weighted by Crippen LogP contribution is 2.25. The van der Waals surface area contributed by atoms with Crippen LogP contribution < -0.4 is 15.4 Å². The monoisotopic (exact) mass is 387 g/mol. The van der Waals surface area contributed by atoms with Crippen molar-refractivity contribution in [3.8, 4) is 5.75 Å². The maximum Gasteiger partial charge on any atom is 0.273 e. The van der Waals surface area contributed by atoms with Crippen LogP contribution in [0.5, 0.6) is 5.75 Å². The molecule has 1 aromatic heterocycles. The maximum absolute atomic E-state index is 12.8. The molecule has 27 heavy (non-hydrogen) atoms. The minimum atomic E-state index is 0.0339. The molecule has 1 aromatic carbocycles. The van der Waals surface area contributed by atoms with Gasteiger partial charge in [-0.1, -0.05) is 0 Å². The molecular formula is C19H25N5O2S. The normalized spacial score (nSPS) is 20.6. The van der Waals surface area contributed by atoms with Gasteiger partial charge < -0.3 is 20.3 Å². The molecule has 0 saturated carbocycles. The predicted molar refractivity (Wildman–Crippen MR) is 107 cm³/mol. The van der Waals surface area contributed by atoms with Gasteiger partial charge in [0.15, 0.2) is 5.13 Å². The van der Waals surface area contributed by atoms with Crippen LogP contribution in [-0.2, 0) is 0 Å². The molecule has 8 heteroatoms. The molecule has 1 unspecified atom stereocenters. The smallest absolute Gasteiger partial charge is 0.273 e. The van der Waals surface area contributed by atoms with Gasteiger partial charge in [-0.3, -0.25) is 9.69 Å². The van der Waals surface area contributed by atoms with Crippen molar-refractivity contribution in [1.29, 1.82) is 0 Å². The molecule has 1 atom stereocenters. The summed E-state index contributed by atoms with van der Waals surface area (Å²) in [5.74, 6) is 0.843. The van der Waals surface area contributed by atoms with Crippen molar-refractivity contribution in [2.75, 3.05) is 51.7 Å². The van der Waals surface area contributed by atoms with Gasteiger partial charge in [0.05, 0.1) is 7.11 Å². The number of carbonyl (C=O) groups excluding carboxylic acids is 1. The van der Waals surface area contributed by atoms with E-state index in [4.69, 9.17) is 4.74 Å². The summed E-state index contributed by atoms with van der Waals surface area (Å²) in [5.41, 5.74) is 1.45. The Kier molecular flexibility index (Phi) is 5.56. The van der Waals surface area contributed by atoms with Crippen LogP contribution in [0.3, 0.4) is 0 Å². The van der Waals surface area contributed by atoms with Gasteiger partial charge in [-0.15, -0.1) is 11.3 Å². The molecule has 2 saturated heterocycles. The lowest BCUT2D eigenvalue weighted by molar-refractivity contribution is 0.0768. The Bertz CT molecular complexity index is 773. The molecule has 4 rings (SSSR count). The molecule has 2 aromatic rings. The second kappa shape index (κ2) is 8.24. The third kappa shape index (κ3) is 4.23. The number of hydrogen-bond donors (Lipinski definition) is 2. The number of rotatable bonds is 5. The first-order chi connectivity index (χ1) is 13.2. The van der Waals surface area contributed by atoms with Gasteiger partial charge in [0.25, 0.3) is 5.91 Å². The van der Waals surface area contributed by atoms with Gasteiger partial charge in [-0.25, -0.2) is 4.98 Å². The first-order valence-electron chi connectivity index (χ1n) is 9.33. The Morgan fingerprint density at radius 1 is 1.26 bits per heavy atom. The molecule has 0 radical (unpaired) electrons. The van der Waals surface area contributed by atoms with Crippen LogP contribution >= 0.6 is 11.3 Å². The van der Waals surface area contributed by atoms with Gasteiger partial charge in [-0.05, 0) is 30.7 Å². The summed E-state index contributed by atoms with van der Waals surface area (Å²) in [6.07, 6.45) is 1.05. The molecular weight excluding hydrogens is 362 g/mol. The zero-order valence-corrected chi connectivity index (χ0v) is 16.3. The minimum absolute atomic E-state index is 0.0339. The number of likely N-dealkylation sites (tertiary alicyclic amines) is 1. The number of amides is 1. The van der Waals surface area contributed by atoms with E-state index in [2.05, 4.69) is 20.5 Å². The third-order valence-electron chi connectivity index (χ3n) is 5.18. The van der Waals surface area contributed by atoms with Crippen molar-refractivity contribution in [2.45, 2.75) is 12.5 Å². The standard InChI is InChI=1S/C19H25N5O2S/c1-26-16-4-2-14(3-5-16)21-19-22-17(13-27-19)18(25)24-9-6-15(12-24)23-10-7-20-8-11-23/h2-5,13,15,20H,6-12H2,1H3,(H,21,22). The largest absolute Gasteiger partial charge is 0.497 e. The molecule has 0 aliphatic carbocycles. The first kappa shape index (κ1) is 18.2. The van der Waals surface area contributed by atoms with Crippen molar-refractivity contribution in [1.82, 2.24) is 20.1 Å². The number of piperazine rings is 1. The van der Waals surface area contributed by atoms with Crippen LogP contribution in [0.2, 0.25) is 0 Å². The van der Waals surface area contributed by atoms with Gasteiger partial charge >= 0.3 is 0 Å². The van der Waals surface area contributed by atoms with Crippen LogP contribution in [0.25, 0.3) is 0 Å². The highest BCUT2D eigenvalue weighted by atomic mass is 32.1. The summed E-state index contributed by atoms with van der Waals surface area (Å²) in [6, 6.07) is 8.12. The second-order valence-electron chi connectivity index (χ2n) is 6.87. The maximum atomic E-state index is 12.8. The fourth-order valence-electron chi connectivity index (χ4n) is 3.66. The summed E-state index contributed by atoms with van der Waals surface area (Å²) < 4.78 is 5.17. The Hall–Kier alpha value is -2.16. The van der Waals surface area contributed by atoms with Gasteiger partial charge in [0.1, 0.15) is 11.4 Å². The summed E-state index contributed by atoms with van der Waals surface area (Å²) in [5, 5.41) is 9.19. The molecule has 2 aliphatic rings. The number of thiazole rings is 1. The van der Waals surface area contributed by atoms with Crippen molar-refractivity contribution in [3.05, 3.63) is 35.3 Å². The second-order valence-corrected chi connectivity index (χ2v) is 7.73. The zero-order chi connectivity index (χ0) is 18.6. The average molecular weight is 388 g/mol. The quantitative estimate of drug-likeness (QED) is 0.818. The Morgan fingerprint density at radius 2 is 2.04 bits per heavy atom. The number of nitrogens with one attached hydrogen (secondary N) is 2. The molecule has 2 N–H and O–H groups in total. The van der Waals surface area contributed by atoms with Crippen LogP contribution in [0, 0.1) is 0 Å². The molecule has 0 bridgehead atoms. The predicted octanol–water partition coefficient (Wildman–Crippen LogP) is 2.01. The van der Waals surface area contributed by atoms with E-state index < -0.39 is 0 Å². The average Bonchev–Trinajstić information content (AvgIpc) is 3.39. The van der Waals surface area contributed by atoms with Crippen molar-refractivity contribution in [2.24, 2.45) is 0 Å². The number of ether oxygens (including phenoxy) is 1. The zero-order valence-electron chi connectivity index (χ0n) is 15.5. The molecule has 2 aliphatic heterocycles. The van der Waals surface area contributed by atoms with Crippen LogP contribution in [0.1, 0.15) is 16.9 Å². The first-order valence-corrected chi connectivity index (χ1v) is 10.2. The Balaban J connectivity index is 1.35. The van der Waals surface area contributed by atoms with Gasteiger partial charge in [0.2, 0.25) is 0 Å². The lowest BCUT2D eigenvalue weighted by atomic mass is 10.2. The molecule has 144 valence electrons. The van der Waals surface area contributed by atoms with Crippen molar-refractivity contribution in [3.63, 3.8) is 0 Å². The van der Waals surface area contributed by atoms with E-state index >= 15 is 0 Å². The van der Waals surface area contributed by atoms with Gasteiger partial charge in [-0.2, -0.15) is 0 Å². The van der Waals surface area contributed by atoms with E-state index in [9.17, 15) is 4.79 Å². The fourth-order valence-corrected chi connectivity index (χ4v) is 4.37. The molecule has 7 nitrogen and oxygen atoms in total. The molecule has 0 spiro atoms. The van der Waals surface area contributed by atoms with Crippen molar-refractivity contribution < 1.29 is 9.53 Å². The topological polar surface area (TPSA) is 69.7 Å². The van der Waals surface area contributed by atoms with Crippen molar-refractivity contribution >= 4 is 28.1 Å². The number of aromatic nitrogens is 1. The SMILES string of the molecule is COc1ccc(Nc2nc(C(=O)N3CCC(N4CCNCC4)C3)cs2)cc1. The van der Waals surface area contributed by atoms with E-state index in [1.807, 2.05) is 34.5 Å². The van der Waals surface area contributed by atoms with Crippen LogP contribution in [0.4, 0.5) is 10.8 Å². The van der Waals surface area contributed by atoms with E-state index in [0.717, 1.165) is 62.3 Å². The lowest BCUT2D eigenvalue weighted by Crippen LogP contribution is -2.49. The lowest BCUT2D eigenvalue weighted by Gasteiger charge is -2.32. The number of anilines is 2. The summed E-state index contributed by atoms with van der Waals surface area (Å²) in [6.45, 7) is 5.83. The number of carbonyl (C=O) groups is 1. The number of nitrogens with zero attached hydrogens (tertiary/aromatic N) is 3. The highest BCUT2D eigenvalue weighted by Gasteiger charge is 2.32. The van der Waals surface area contributed by atoms with E-state index in [1.165, 1.54) is 11.3 Å². The number of methoxy groups -OCH3 is 1. The molecule has 1 amide bonds. The van der Waals surface area contributed by atoms with Gasteiger partial charge in [0, 0.05) is 56.4 Å². The minimum Gasteiger partial charge on any atom is -0.497 e. The summed E-state index contributed by atoms with van der Waals surface area (Å²) in [4.78, 5) is 21.8.